The number of halogens is 1. The van der Waals surface area contributed by atoms with E-state index in [-0.39, 0.29) is 5.75 Å². The van der Waals surface area contributed by atoms with Crippen molar-refractivity contribution in [3.8, 4) is 5.75 Å². The summed E-state index contributed by atoms with van der Waals surface area (Å²) in [7, 11) is 0. The van der Waals surface area contributed by atoms with E-state index in [9.17, 15) is 9.50 Å². The van der Waals surface area contributed by atoms with Gasteiger partial charge >= 0.3 is 0 Å². The molecule has 0 amide bonds. The number of aryl methyl sites for hydroxylation is 1. The van der Waals surface area contributed by atoms with E-state index >= 15 is 0 Å². The summed E-state index contributed by atoms with van der Waals surface area (Å²) in [5.74, 6) is -0.231. The average Bonchev–Trinajstić information content (AvgIpc) is 2.86. The number of aromatic hydroxyl groups is 1. The van der Waals surface area contributed by atoms with Gasteiger partial charge in [0.2, 0.25) is 0 Å². The van der Waals surface area contributed by atoms with Crippen molar-refractivity contribution < 1.29 is 14.2 Å². The number of hydrogen-bond donors (Lipinski definition) is 1. The second-order valence-corrected chi connectivity index (χ2v) is 6.06. The smallest absolute Gasteiger partial charge is 0.179 e. The molecule has 1 aromatic heterocycles. The van der Waals surface area contributed by atoms with Gasteiger partial charge in [-0.2, -0.15) is 0 Å². The first-order valence-electron chi connectivity index (χ1n) is 6.58. The molecular weight excluding hydrogens is 265 g/mol. The summed E-state index contributed by atoms with van der Waals surface area (Å²) in [5.41, 5.74) is 0.395. The number of phenolic OH excluding ortho intramolecular Hbond substituents is 1. The van der Waals surface area contributed by atoms with E-state index < -0.39 is 5.82 Å². The van der Waals surface area contributed by atoms with E-state index in [1.165, 1.54) is 17.4 Å². The van der Waals surface area contributed by atoms with Gasteiger partial charge in [0, 0.05) is 13.2 Å². The number of phenols is 1. The summed E-state index contributed by atoms with van der Waals surface area (Å²) in [6, 6.07) is 2.97. The molecule has 19 heavy (non-hydrogen) atoms. The third kappa shape index (κ3) is 2.72. The van der Waals surface area contributed by atoms with Crippen LogP contribution >= 0.6 is 11.3 Å². The Morgan fingerprint density at radius 3 is 2.95 bits per heavy atom. The molecule has 0 atom stereocenters. The molecule has 0 aliphatic carbocycles. The third-order valence-electron chi connectivity index (χ3n) is 3.64. The van der Waals surface area contributed by atoms with Crippen molar-refractivity contribution in [1.29, 1.82) is 0 Å². The molecule has 1 aliphatic rings. The summed E-state index contributed by atoms with van der Waals surface area (Å²) in [6.45, 7) is 1.72. The SMILES string of the molecule is Oc1c(F)ccc2sc(CCC3CCOCC3)nc12. The third-order valence-corrected chi connectivity index (χ3v) is 4.72. The summed E-state index contributed by atoms with van der Waals surface area (Å²) >= 11 is 1.54. The minimum absolute atomic E-state index is 0.328. The van der Waals surface area contributed by atoms with E-state index in [1.807, 2.05) is 0 Å². The fourth-order valence-electron chi connectivity index (χ4n) is 2.47. The molecule has 0 spiro atoms. The maximum atomic E-state index is 13.2. The van der Waals surface area contributed by atoms with Crippen molar-refractivity contribution in [1.82, 2.24) is 4.98 Å². The minimum Gasteiger partial charge on any atom is -0.503 e. The van der Waals surface area contributed by atoms with Gasteiger partial charge in [-0.1, -0.05) is 0 Å². The molecular formula is C14H16FNO2S. The van der Waals surface area contributed by atoms with Crippen LogP contribution in [0.5, 0.6) is 5.75 Å². The Balaban J connectivity index is 1.72. The maximum Gasteiger partial charge on any atom is 0.179 e. The first-order chi connectivity index (χ1) is 9.24. The van der Waals surface area contributed by atoms with Crippen LogP contribution in [-0.2, 0) is 11.2 Å². The number of benzene rings is 1. The van der Waals surface area contributed by atoms with Crippen molar-refractivity contribution >= 4 is 21.6 Å². The highest BCUT2D eigenvalue weighted by Gasteiger charge is 2.16. The van der Waals surface area contributed by atoms with Gasteiger partial charge in [-0.15, -0.1) is 11.3 Å². The number of fused-ring (bicyclic) bond motifs is 1. The number of rotatable bonds is 3. The van der Waals surface area contributed by atoms with Gasteiger partial charge in [0.1, 0.15) is 5.52 Å². The molecule has 0 bridgehead atoms. The molecule has 2 heterocycles. The van der Waals surface area contributed by atoms with Crippen molar-refractivity contribution in [2.45, 2.75) is 25.7 Å². The molecule has 1 aliphatic heterocycles. The lowest BCUT2D eigenvalue weighted by molar-refractivity contribution is 0.0640. The Morgan fingerprint density at radius 1 is 1.37 bits per heavy atom. The van der Waals surface area contributed by atoms with Crippen LogP contribution in [0.2, 0.25) is 0 Å². The van der Waals surface area contributed by atoms with E-state index in [2.05, 4.69) is 4.98 Å². The first-order valence-corrected chi connectivity index (χ1v) is 7.40. The Morgan fingerprint density at radius 2 is 2.16 bits per heavy atom. The highest BCUT2D eigenvalue weighted by atomic mass is 32.1. The zero-order valence-corrected chi connectivity index (χ0v) is 11.4. The van der Waals surface area contributed by atoms with Gasteiger partial charge in [0.05, 0.1) is 9.71 Å². The molecule has 1 saturated heterocycles. The largest absolute Gasteiger partial charge is 0.503 e. The zero-order valence-electron chi connectivity index (χ0n) is 10.6. The predicted molar refractivity (Wildman–Crippen MR) is 73.1 cm³/mol. The van der Waals surface area contributed by atoms with Crippen LogP contribution in [0, 0.1) is 11.7 Å². The van der Waals surface area contributed by atoms with Crippen LogP contribution in [0.3, 0.4) is 0 Å². The fraction of sp³-hybridized carbons (Fsp3) is 0.500. The molecule has 0 saturated carbocycles. The number of aromatic nitrogens is 1. The summed E-state index contributed by atoms with van der Waals surface area (Å²) < 4.78 is 19.4. The highest BCUT2D eigenvalue weighted by Crippen LogP contribution is 2.32. The number of thiazole rings is 1. The van der Waals surface area contributed by atoms with Crippen molar-refractivity contribution in [3.63, 3.8) is 0 Å². The van der Waals surface area contributed by atoms with E-state index in [1.54, 1.807) is 6.07 Å². The molecule has 3 rings (SSSR count). The highest BCUT2D eigenvalue weighted by molar-refractivity contribution is 7.18. The van der Waals surface area contributed by atoms with Crippen molar-refractivity contribution in [2.75, 3.05) is 13.2 Å². The number of hydrogen-bond acceptors (Lipinski definition) is 4. The lowest BCUT2D eigenvalue weighted by atomic mass is 9.95. The monoisotopic (exact) mass is 281 g/mol. The van der Waals surface area contributed by atoms with Crippen LogP contribution in [0.4, 0.5) is 4.39 Å². The summed E-state index contributed by atoms with van der Waals surface area (Å²) in [4.78, 5) is 4.35. The predicted octanol–water partition coefficient (Wildman–Crippen LogP) is 3.50. The van der Waals surface area contributed by atoms with Gasteiger partial charge in [-0.3, -0.25) is 0 Å². The van der Waals surface area contributed by atoms with E-state index in [0.29, 0.717) is 11.4 Å². The minimum atomic E-state index is -0.603. The second-order valence-electron chi connectivity index (χ2n) is 4.94. The normalized spacial score (nSPS) is 17.1. The fourth-order valence-corrected chi connectivity index (χ4v) is 3.46. The molecule has 5 heteroatoms. The molecule has 2 aromatic rings. The molecule has 1 fully saturated rings. The van der Waals surface area contributed by atoms with Crippen LogP contribution in [0.1, 0.15) is 24.3 Å². The summed E-state index contributed by atoms with van der Waals surface area (Å²) in [6.07, 6.45) is 4.22. The lowest BCUT2D eigenvalue weighted by Crippen LogP contribution is -2.16. The van der Waals surface area contributed by atoms with Crippen LogP contribution in [-0.4, -0.2) is 23.3 Å². The maximum absolute atomic E-state index is 13.2. The quantitative estimate of drug-likeness (QED) is 0.936. The molecule has 0 unspecified atom stereocenters. The number of nitrogens with zero attached hydrogens (tertiary/aromatic N) is 1. The Hall–Kier alpha value is -1.20. The average molecular weight is 281 g/mol. The molecule has 0 radical (unpaired) electrons. The van der Waals surface area contributed by atoms with Gasteiger partial charge in [0.25, 0.3) is 0 Å². The Kier molecular flexibility index (Phi) is 3.66. The van der Waals surface area contributed by atoms with Gasteiger partial charge in [0.15, 0.2) is 11.6 Å². The van der Waals surface area contributed by atoms with E-state index in [0.717, 1.165) is 48.6 Å². The van der Waals surface area contributed by atoms with Gasteiger partial charge in [-0.25, -0.2) is 9.37 Å². The van der Waals surface area contributed by atoms with E-state index in [4.69, 9.17) is 4.74 Å². The molecule has 1 N–H and O–H groups in total. The Bertz CT molecular complexity index is 578. The first kappa shape index (κ1) is 12.8. The second kappa shape index (κ2) is 5.43. The topological polar surface area (TPSA) is 42.4 Å². The van der Waals surface area contributed by atoms with Crippen LogP contribution in [0.15, 0.2) is 12.1 Å². The zero-order chi connectivity index (χ0) is 13.2. The van der Waals surface area contributed by atoms with Crippen molar-refractivity contribution in [2.24, 2.45) is 5.92 Å². The number of ether oxygens (including phenoxy) is 1. The molecule has 1 aromatic carbocycles. The van der Waals surface area contributed by atoms with Crippen LogP contribution < -0.4 is 0 Å². The Labute approximate surface area is 115 Å². The van der Waals surface area contributed by atoms with Gasteiger partial charge < -0.3 is 9.84 Å². The van der Waals surface area contributed by atoms with Crippen molar-refractivity contribution in [3.05, 3.63) is 23.0 Å². The van der Waals surface area contributed by atoms with Gasteiger partial charge in [-0.05, 0) is 43.7 Å². The van der Waals surface area contributed by atoms with Crippen LogP contribution in [0.25, 0.3) is 10.2 Å². The molecule has 3 nitrogen and oxygen atoms in total. The standard InChI is InChI=1S/C14H16FNO2S/c15-10-2-3-11-13(14(10)17)16-12(19-11)4-1-9-5-7-18-8-6-9/h2-3,9,17H,1,4-8H2. The summed E-state index contributed by atoms with van der Waals surface area (Å²) in [5, 5.41) is 10.6. The molecule has 102 valence electrons. The lowest BCUT2D eigenvalue weighted by Gasteiger charge is -2.21.